The molecule has 26 heavy (non-hydrogen) atoms. The van der Waals surface area contributed by atoms with Crippen molar-refractivity contribution in [3.63, 3.8) is 0 Å². The van der Waals surface area contributed by atoms with Crippen molar-refractivity contribution in [3.8, 4) is 11.8 Å². The molecule has 1 spiro atoms. The summed E-state index contributed by atoms with van der Waals surface area (Å²) >= 11 is 0. The van der Waals surface area contributed by atoms with E-state index >= 15 is 0 Å². The van der Waals surface area contributed by atoms with Gasteiger partial charge in [0.05, 0.1) is 12.7 Å². The van der Waals surface area contributed by atoms with Gasteiger partial charge in [-0.05, 0) is 31.9 Å². The van der Waals surface area contributed by atoms with Gasteiger partial charge in [-0.25, -0.2) is 4.39 Å². The van der Waals surface area contributed by atoms with Crippen molar-refractivity contribution in [2.45, 2.75) is 38.3 Å². The molecule has 1 aromatic carbocycles. The van der Waals surface area contributed by atoms with Crippen molar-refractivity contribution in [2.75, 3.05) is 6.61 Å². The fourth-order valence-electron chi connectivity index (χ4n) is 3.86. The number of aromatic nitrogens is 2. The molecule has 1 aromatic heterocycles. The van der Waals surface area contributed by atoms with Gasteiger partial charge in [0.1, 0.15) is 23.3 Å². The number of hydrogen-bond donors (Lipinski definition) is 1. The van der Waals surface area contributed by atoms with E-state index in [1.54, 1.807) is 23.0 Å². The Labute approximate surface area is 150 Å². The minimum atomic E-state index is -0.724. The maximum Gasteiger partial charge on any atom is 0.270 e. The van der Waals surface area contributed by atoms with Gasteiger partial charge in [0.25, 0.3) is 5.91 Å². The molecule has 1 fully saturated rings. The first-order valence-corrected chi connectivity index (χ1v) is 8.72. The molecule has 1 aliphatic heterocycles. The fourth-order valence-corrected chi connectivity index (χ4v) is 3.86. The molecule has 0 unspecified atom stereocenters. The van der Waals surface area contributed by atoms with Crippen LogP contribution in [0, 0.1) is 22.6 Å². The number of fused-ring (bicyclic) bond motifs is 1. The molecule has 2 heterocycles. The lowest BCUT2D eigenvalue weighted by Crippen LogP contribution is -2.45. The molecule has 4 rings (SSSR count). The molecule has 0 bridgehead atoms. The highest BCUT2D eigenvalue weighted by atomic mass is 19.1. The van der Waals surface area contributed by atoms with Crippen LogP contribution in [-0.2, 0) is 6.54 Å². The molecule has 2 atom stereocenters. The Bertz CT molecular complexity index is 897. The number of halogens is 1. The lowest BCUT2D eigenvalue weighted by molar-refractivity contribution is 0.0908. The minimum absolute atomic E-state index is 0.163. The molecule has 2 aliphatic rings. The Morgan fingerprint density at radius 3 is 3.04 bits per heavy atom. The van der Waals surface area contributed by atoms with Crippen LogP contribution in [0.5, 0.6) is 5.75 Å². The van der Waals surface area contributed by atoms with Crippen LogP contribution in [0.4, 0.5) is 4.39 Å². The van der Waals surface area contributed by atoms with E-state index < -0.39 is 6.04 Å². The first-order chi connectivity index (χ1) is 12.6. The largest absolute Gasteiger partial charge is 0.493 e. The van der Waals surface area contributed by atoms with Crippen molar-refractivity contribution < 1.29 is 13.9 Å². The second kappa shape index (κ2) is 6.13. The number of amides is 1. The van der Waals surface area contributed by atoms with Gasteiger partial charge in [-0.3, -0.25) is 9.48 Å². The van der Waals surface area contributed by atoms with Gasteiger partial charge in [-0.15, -0.1) is 0 Å². The predicted molar refractivity (Wildman–Crippen MR) is 91.1 cm³/mol. The summed E-state index contributed by atoms with van der Waals surface area (Å²) < 4.78 is 20.9. The Hall–Kier alpha value is -2.88. The number of ether oxygens (including phenoxy) is 1. The third-order valence-electron chi connectivity index (χ3n) is 5.39. The van der Waals surface area contributed by atoms with Crippen LogP contribution in [0.25, 0.3) is 0 Å². The average molecular weight is 354 g/mol. The van der Waals surface area contributed by atoms with E-state index in [0.717, 1.165) is 18.4 Å². The Balaban J connectivity index is 1.66. The molecule has 2 aromatic rings. The number of benzene rings is 1. The number of hydrogen-bond acceptors (Lipinski definition) is 4. The number of rotatable bonds is 4. The molecular weight excluding hydrogens is 335 g/mol. The van der Waals surface area contributed by atoms with Crippen LogP contribution in [0.3, 0.4) is 0 Å². The van der Waals surface area contributed by atoms with Crippen molar-refractivity contribution in [1.82, 2.24) is 15.1 Å². The van der Waals surface area contributed by atoms with E-state index in [1.807, 2.05) is 6.92 Å². The molecule has 1 amide bonds. The Kier molecular flexibility index (Phi) is 3.91. The summed E-state index contributed by atoms with van der Waals surface area (Å²) in [5, 5.41) is 16.7. The van der Waals surface area contributed by atoms with Gasteiger partial charge < -0.3 is 10.1 Å². The lowest BCUT2D eigenvalue weighted by Gasteiger charge is -2.36. The van der Waals surface area contributed by atoms with Crippen molar-refractivity contribution in [2.24, 2.45) is 5.41 Å². The molecule has 6 nitrogen and oxygen atoms in total. The number of nitriles is 1. The zero-order valence-electron chi connectivity index (χ0n) is 14.4. The van der Waals surface area contributed by atoms with Crippen LogP contribution in [0.1, 0.15) is 41.7 Å². The average Bonchev–Trinajstić information content (AvgIpc) is 3.24. The third-order valence-corrected chi connectivity index (χ3v) is 5.39. The van der Waals surface area contributed by atoms with Crippen LogP contribution < -0.4 is 10.1 Å². The number of carbonyl (C=O) groups is 1. The summed E-state index contributed by atoms with van der Waals surface area (Å²) in [6, 6.07) is 7.54. The molecular formula is C19H19FN4O2. The first kappa shape index (κ1) is 16.6. The maximum atomic E-state index is 13.6. The predicted octanol–water partition coefficient (Wildman–Crippen LogP) is 2.62. The van der Waals surface area contributed by atoms with Gasteiger partial charge in [0.15, 0.2) is 0 Å². The van der Waals surface area contributed by atoms with Gasteiger partial charge in [0, 0.05) is 35.7 Å². The quantitative estimate of drug-likeness (QED) is 0.915. The summed E-state index contributed by atoms with van der Waals surface area (Å²) in [6.07, 6.45) is 3.42. The summed E-state index contributed by atoms with van der Waals surface area (Å²) in [7, 11) is 0. The highest BCUT2D eigenvalue weighted by Gasteiger charge is 2.56. The van der Waals surface area contributed by atoms with Crippen molar-refractivity contribution >= 4 is 5.91 Å². The molecule has 0 radical (unpaired) electrons. The zero-order valence-corrected chi connectivity index (χ0v) is 14.4. The number of nitrogens with zero attached hydrogens (tertiary/aromatic N) is 3. The highest BCUT2D eigenvalue weighted by Crippen LogP contribution is 2.61. The minimum Gasteiger partial charge on any atom is -0.493 e. The monoisotopic (exact) mass is 354 g/mol. The van der Waals surface area contributed by atoms with Crippen molar-refractivity contribution in [3.05, 3.63) is 47.5 Å². The van der Waals surface area contributed by atoms with E-state index in [9.17, 15) is 14.4 Å². The van der Waals surface area contributed by atoms with Crippen LogP contribution in [0.2, 0.25) is 0 Å². The number of nitrogens with one attached hydrogen (secondary N) is 1. The van der Waals surface area contributed by atoms with Gasteiger partial charge in [0.2, 0.25) is 0 Å². The van der Waals surface area contributed by atoms with Gasteiger partial charge >= 0.3 is 0 Å². The Morgan fingerprint density at radius 2 is 2.35 bits per heavy atom. The van der Waals surface area contributed by atoms with E-state index in [0.29, 0.717) is 24.6 Å². The zero-order chi connectivity index (χ0) is 18.3. The van der Waals surface area contributed by atoms with E-state index in [2.05, 4.69) is 16.5 Å². The van der Waals surface area contributed by atoms with E-state index in [-0.39, 0.29) is 23.1 Å². The van der Waals surface area contributed by atoms with Crippen LogP contribution >= 0.6 is 0 Å². The third kappa shape index (κ3) is 2.62. The summed E-state index contributed by atoms with van der Waals surface area (Å²) in [5.41, 5.74) is 1.04. The molecule has 1 aliphatic carbocycles. The summed E-state index contributed by atoms with van der Waals surface area (Å²) in [4.78, 5) is 12.7. The lowest BCUT2D eigenvalue weighted by atomic mass is 9.76. The Morgan fingerprint density at radius 1 is 1.54 bits per heavy atom. The van der Waals surface area contributed by atoms with Gasteiger partial charge in [-0.1, -0.05) is 6.07 Å². The number of carbonyl (C=O) groups excluding carboxylic acids is 1. The molecule has 0 saturated heterocycles. The maximum absolute atomic E-state index is 13.6. The molecule has 7 heteroatoms. The second-order valence-electron chi connectivity index (χ2n) is 6.92. The van der Waals surface area contributed by atoms with E-state index in [1.165, 1.54) is 12.1 Å². The highest BCUT2D eigenvalue weighted by molar-refractivity contribution is 5.93. The summed E-state index contributed by atoms with van der Waals surface area (Å²) in [6.45, 7) is 2.90. The second-order valence-corrected chi connectivity index (χ2v) is 6.92. The standard InChI is InChI=1S/C19H19FN4O2/c1-2-24-15(5-8-22-24)18(25)23-14(10-21)17-13-4-3-12(20)9-16(13)26-11-19(17)6-7-19/h3-5,8-9,14,17H,2,6-7,11H2,1H3,(H,23,25)/t14-,17+/m1/s1. The summed E-state index contributed by atoms with van der Waals surface area (Å²) in [5.74, 6) is -0.472. The van der Waals surface area contributed by atoms with Crippen LogP contribution in [0.15, 0.2) is 30.5 Å². The van der Waals surface area contributed by atoms with Crippen molar-refractivity contribution in [1.29, 1.82) is 5.26 Å². The van der Waals surface area contributed by atoms with E-state index in [4.69, 9.17) is 4.74 Å². The fraction of sp³-hybridized carbons (Fsp3) is 0.421. The first-order valence-electron chi connectivity index (χ1n) is 8.72. The molecule has 1 saturated carbocycles. The van der Waals surface area contributed by atoms with Crippen LogP contribution in [-0.4, -0.2) is 28.3 Å². The SMILES string of the molecule is CCn1nccc1C(=O)N[C@H](C#N)[C@@H]1c2ccc(F)cc2OCC12CC2. The topological polar surface area (TPSA) is 79.9 Å². The normalized spacial score (nSPS) is 20.6. The smallest absolute Gasteiger partial charge is 0.270 e. The molecule has 1 N–H and O–H groups in total. The molecule has 134 valence electrons. The van der Waals surface area contributed by atoms with Gasteiger partial charge in [-0.2, -0.15) is 10.4 Å². The number of aryl methyl sites for hydroxylation is 1.